The zero-order chi connectivity index (χ0) is 21.8. The van der Waals surface area contributed by atoms with E-state index in [4.69, 9.17) is 16.6 Å². The predicted octanol–water partition coefficient (Wildman–Crippen LogP) is 3.94. The molecule has 5 heterocycles. The van der Waals surface area contributed by atoms with E-state index in [-0.39, 0.29) is 12.0 Å². The van der Waals surface area contributed by atoms with E-state index in [0.717, 1.165) is 67.1 Å². The molecule has 2 aliphatic heterocycles. The molecule has 7 nitrogen and oxygen atoms in total. The third-order valence-electron chi connectivity index (χ3n) is 6.87. The van der Waals surface area contributed by atoms with Crippen LogP contribution in [0.1, 0.15) is 44.9 Å². The van der Waals surface area contributed by atoms with Crippen LogP contribution in [0.4, 0.5) is 11.5 Å². The lowest BCUT2D eigenvalue weighted by molar-refractivity contribution is 0.0109. The first-order chi connectivity index (χ1) is 14.8. The molecule has 5 rings (SSSR count). The number of pyridine rings is 1. The zero-order valence-corrected chi connectivity index (χ0v) is 19.0. The maximum atomic E-state index is 10.6. The van der Waals surface area contributed by atoms with Gasteiger partial charge in [0.25, 0.3) is 0 Å². The molecular weight excluding hydrogens is 412 g/mol. The predicted molar refractivity (Wildman–Crippen MR) is 124 cm³/mol. The minimum absolute atomic E-state index is 0.226. The molecule has 0 amide bonds. The van der Waals surface area contributed by atoms with E-state index < -0.39 is 5.60 Å². The number of hydrogen-bond donors (Lipinski definition) is 2. The van der Waals surface area contributed by atoms with Gasteiger partial charge in [0.05, 0.1) is 17.0 Å². The van der Waals surface area contributed by atoms with Crippen molar-refractivity contribution in [3.63, 3.8) is 0 Å². The molecule has 1 saturated heterocycles. The highest BCUT2D eigenvalue weighted by atomic mass is 35.5. The Balaban J connectivity index is 1.52. The van der Waals surface area contributed by atoms with Crippen LogP contribution in [-0.2, 0) is 13.0 Å². The molecule has 0 spiro atoms. The Hall–Kier alpha value is -2.38. The van der Waals surface area contributed by atoms with Gasteiger partial charge >= 0.3 is 0 Å². The lowest BCUT2D eigenvalue weighted by atomic mass is 9.84. The molecule has 0 bridgehead atoms. The highest BCUT2D eigenvalue weighted by Crippen LogP contribution is 2.37. The smallest absolute Gasteiger partial charge is 0.141 e. The highest BCUT2D eigenvalue weighted by Gasteiger charge is 2.35. The quantitative estimate of drug-likeness (QED) is 0.600. The average molecular weight is 441 g/mol. The third-order valence-corrected chi connectivity index (χ3v) is 7.06. The van der Waals surface area contributed by atoms with Crippen LogP contribution in [0.15, 0.2) is 24.7 Å². The van der Waals surface area contributed by atoms with Crippen molar-refractivity contribution in [3.05, 3.63) is 41.1 Å². The Bertz CT molecular complexity index is 1110. The van der Waals surface area contributed by atoms with E-state index >= 15 is 0 Å². The number of hydrogen-bond acceptors (Lipinski definition) is 6. The maximum Gasteiger partial charge on any atom is 0.141 e. The summed E-state index contributed by atoms with van der Waals surface area (Å²) in [6.45, 7) is 8.53. The summed E-state index contributed by atoms with van der Waals surface area (Å²) in [5, 5.41) is 12.1. The number of nitrogens with zero attached hydrogens (tertiary/aromatic N) is 5. The van der Waals surface area contributed by atoms with Gasteiger partial charge in [0.15, 0.2) is 0 Å². The van der Waals surface area contributed by atoms with Gasteiger partial charge in [0.1, 0.15) is 22.9 Å². The number of anilines is 2. The lowest BCUT2D eigenvalue weighted by Crippen LogP contribution is -2.46. The molecule has 0 aliphatic carbocycles. The number of H-pyrrole nitrogens is 1. The summed E-state index contributed by atoms with van der Waals surface area (Å²) in [6.07, 6.45) is 6.53. The fourth-order valence-electron chi connectivity index (χ4n) is 5.06. The van der Waals surface area contributed by atoms with Gasteiger partial charge in [-0.25, -0.2) is 15.0 Å². The van der Waals surface area contributed by atoms with Crippen LogP contribution in [0.2, 0.25) is 5.15 Å². The van der Waals surface area contributed by atoms with Crippen molar-refractivity contribution >= 4 is 34.1 Å². The molecule has 0 aromatic carbocycles. The summed E-state index contributed by atoms with van der Waals surface area (Å²) in [5.74, 6) is 1.23. The summed E-state index contributed by atoms with van der Waals surface area (Å²) in [4.78, 5) is 21.7. The Morgan fingerprint density at radius 1 is 1.29 bits per heavy atom. The molecule has 31 heavy (non-hydrogen) atoms. The normalized spacial score (nSPS) is 22.1. The van der Waals surface area contributed by atoms with Crippen LogP contribution in [0.25, 0.3) is 11.0 Å². The molecule has 2 atom stereocenters. The topological polar surface area (TPSA) is 81.2 Å². The van der Waals surface area contributed by atoms with Gasteiger partial charge in [-0.15, -0.1) is 0 Å². The summed E-state index contributed by atoms with van der Waals surface area (Å²) < 4.78 is 0. The van der Waals surface area contributed by atoms with Gasteiger partial charge < -0.3 is 19.9 Å². The maximum absolute atomic E-state index is 10.6. The number of aliphatic hydroxyl groups is 1. The van der Waals surface area contributed by atoms with Gasteiger partial charge in [-0.05, 0) is 45.7 Å². The lowest BCUT2D eigenvalue weighted by Gasteiger charge is -2.42. The first kappa shape index (κ1) is 20.5. The number of piperidine rings is 1. The fourth-order valence-corrected chi connectivity index (χ4v) is 5.25. The number of aromatic nitrogens is 4. The minimum Gasteiger partial charge on any atom is -0.390 e. The second kappa shape index (κ2) is 7.64. The fraction of sp³-hybridized carbons (Fsp3) is 0.522. The second-order valence-corrected chi connectivity index (χ2v) is 9.83. The van der Waals surface area contributed by atoms with Gasteiger partial charge in [0.2, 0.25) is 0 Å². The summed E-state index contributed by atoms with van der Waals surface area (Å²) in [7, 11) is 0. The third kappa shape index (κ3) is 3.74. The van der Waals surface area contributed by atoms with E-state index in [2.05, 4.69) is 37.7 Å². The Kier molecular flexibility index (Phi) is 5.06. The van der Waals surface area contributed by atoms with E-state index in [1.807, 2.05) is 26.1 Å². The van der Waals surface area contributed by atoms with E-state index in [0.29, 0.717) is 5.15 Å². The Labute approximate surface area is 187 Å². The van der Waals surface area contributed by atoms with Crippen LogP contribution in [0.3, 0.4) is 0 Å². The summed E-state index contributed by atoms with van der Waals surface area (Å²) >= 11 is 6.35. The van der Waals surface area contributed by atoms with Crippen molar-refractivity contribution < 1.29 is 5.11 Å². The molecule has 0 radical (unpaired) electrons. The summed E-state index contributed by atoms with van der Waals surface area (Å²) in [6, 6.07) is 4.28. The number of halogens is 1. The Morgan fingerprint density at radius 3 is 2.94 bits per heavy atom. The monoisotopic (exact) mass is 440 g/mol. The van der Waals surface area contributed by atoms with Gasteiger partial charge in [0, 0.05) is 55.2 Å². The van der Waals surface area contributed by atoms with Crippen molar-refractivity contribution in [2.75, 3.05) is 22.9 Å². The van der Waals surface area contributed by atoms with E-state index in [1.54, 1.807) is 6.33 Å². The Morgan fingerprint density at radius 2 is 2.13 bits per heavy atom. The molecule has 2 N–H and O–H groups in total. The van der Waals surface area contributed by atoms with Gasteiger partial charge in [-0.3, -0.25) is 0 Å². The molecular formula is C23H29ClN6O. The highest BCUT2D eigenvalue weighted by molar-refractivity contribution is 6.30. The molecule has 0 saturated carbocycles. The van der Waals surface area contributed by atoms with Gasteiger partial charge in [-0.2, -0.15) is 0 Å². The number of aromatic amines is 1. The van der Waals surface area contributed by atoms with Gasteiger partial charge in [-0.1, -0.05) is 11.6 Å². The van der Waals surface area contributed by atoms with Crippen molar-refractivity contribution in [3.8, 4) is 0 Å². The van der Waals surface area contributed by atoms with Crippen LogP contribution in [0, 0.1) is 5.92 Å². The zero-order valence-electron chi connectivity index (χ0n) is 18.3. The minimum atomic E-state index is -0.694. The molecule has 3 aromatic rings. The van der Waals surface area contributed by atoms with E-state index in [1.165, 1.54) is 5.56 Å². The molecule has 164 valence electrons. The van der Waals surface area contributed by atoms with Crippen molar-refractivity contribution in [1.29, 1.82) is 0 Å². The van der Waals surface area contributed by atoms with E-state index in [9.17, 15) is 5.11 Å². The SMILES string of the molecule is CC1Cc2ncnc(N3CCCC(C(C)(C)O)C3)c2CN1c1cc(Cl)nc2[nH]ccc12. The van der Waals surface area contributed by atoms with Crippen molar-refractivity contribution in [2.45, 2.75) is 58.2 Å². The molecule has 2 aliphatic rings. The average Bonchev–Trinajstić information content (AvgIpc) is 3.20. The second-order valence-electron chi connectivity index (χ2n) is 9.45. The first-order valence-corrected chi connectivity index (χ1v) is 11.4. The molecule has 8 heteroatoms. The first-order valence-electron chi connectivity index (χ1n) is 11.0. The number of rotatable bonds is 3. The molecule has 3 aromatic heterocycles. The van der Waals surface area contributed by atoms with Crippen LogP contribution in [-0.4, -0.2) is 49.8 Å². The molecule has 2 unspecified atom stereocenters. The van der Waals surface area contributed by atoms with Crippen LogP contribution in [0.5, 0.6) is 0 Å². The van der Waals surface area contributed by atoms with Crippen molar-refractivity contribution in [2.24, 2.45) is 5.92 Å². The summed E-state index contributed by atoms with van der Waals surface area (Å²) in [5.41, 5.74) is 3.48. The number of nitrogens with one attached hydrogen (secondary N) is 1. The largest absolute Gasteiger partial charge is 0.390 e. The van der Waals surface area contributed by atoms with Crippen LogP contribution >= 0.6 is 11.6 Å². The number of fused-ring (bicyclic) bond motifs is 2. The molecule has 1 fully saturated rings. The van der Waals surface area contributed by atoms with Crippen molar-refractivity contribution in [1.82, 2.24) is 19.9 Å². The standard InChI is InChI=1S/C23H29ClN6O/c1-14-9-18-17(12-30(14)19-10-20(24)28-21-16(19)6-7-25-21)22(27-13-26-18)29-8-4-5-15(11-29)23(2,3)31/h6-7,10,13-15,31H,4-5,8-9,11-12H2,1-3H3,(H,25,28). The van der Waals surface area contributed by atoms with Crippen LogP contribution < -0.4 is 9.80 Å².